The minimum atomic E-state index is -4.49. The highest BCUT2D eigenvalue weighted by Gasteiger charge is 2.67. The molecule has 1 saturated carbocycles. The van der Waals surface area contributed by atoms with Crippen molar-refractivity contribution in [3.63, 3.8) is 0 Å². The van der Waals surface area contributed by atoms with E-state index in [2.05, 4.69) is 5.32 Å². The van der Waals surface area contributed by atoms with Crippen LogP contribution in [0.5, 0.6) is 0 Å². The minimum absolute atomic E-state index is 0.0364. The molecule has 204 valence electrons. The lowest BCUT2D eigenvalue weighted by Gasteiger charge is -2.47. The number of nitrogens with one attached hydrogen (secondary N) is 1. The van der Waals surface area contributed by atoms with Crippen molar-refractivity contribution in [2.45, 2.75) is 48.6 Å². The number of nitrogens with zero attached hydrogens (tertiary/aromatic N) is 1. The van der Waals surface area contributed by atoms with E-state index in [0.717, 1.165) is 42.0 Å². The van der Waals surface area contributed by atoms with Gasteiger partial charge >= 0.3 is 10.0 Å². The summed E-state index contributed by atoms with van der Waals surface area (Å²) in [6.45, 7) is 0.239. The number of sulfonamides is 1. The van der Waals surface area contributed by atoms with Gasteiger partial charge in [-0.2, -0.15) is 20.2 Å². The molecule has 0 aromatic heterocycles. The number of thioether (sulfide) groups is 1. The van der Waals surface area contributed by atoms with Crippen molar-refractivity contribution in [1.82, 2.24) is 9.37 Å². The molecule has 3 aliphatic rings. The van der Waals surface area contributed by atoms with Crippen LogP contribution < -0.4 is 9.37 Å². The van der Waals surface area contributed by atoms with Crippen molar-refractivity contribution < 1.29 is 17.6 Å². The molecule has 2 aliphatic heterocycles. The van der Waals surface area contributed by atoms with E-state index in [-0.39, 0.29) is 29.0 Å². The zero-order valence-electron chi connectivity index (χ0n) is 21.1. The maximum Gasteiger partial charge on any atom is 0.332 e. The number of fused-ring (bicyclic) bond motifs is 2. The van der Waals surface area contributed by atoms with Gasteiger partial charge < -0.3 is 10.5 Å². The SMILES string of the molecule is O=C(NCc1ccccc1Cl)c1ccc2c(c1)C1(CCSCC1)C(C1CC1)[N+]2([O-])S(=O)(=O)c1ccc(F)cc1. The Morgan fingerprint density at radius 3 is 2.44 bits per heavy atom. The maximum atomic E-state index is 15.1. The monoisotopic (exact) mass is 586 g/mol. The molecular weight excluding hydrogens is 559 g/mol. The van der Waals surface area contributed by atoms with Gasteiger partial charge in [0, 0.05) is 34.7 Å². The predicted octanol–water partition coefficient (Wildman–Crippen LogP) is 6.16. The molecule has 1 aliphatic carbocycles. The first kappa shape index (κ1) is 26.8. The Hall–Kier alpha value is -2.43. The van der Waals surface area contributed by atoms with Crippen molar-refractivity contribution in [2.75, 3.05) is 11.5 Å². The first-order chi connectivity index (χ1) is 18.7. The van der Waals surface area contributed by atoms with Gasteiger partial charge in [-0.1, -0.05) is 29.8 Å². The smallest absolute Gasteiger partial charge is 0.332 e. The van der Waals surface area contributed by atoms with E-state index in [9.17, 15) is 17.6 Å². The molecule has 1 saturated heterocycles. The first-order valence-electron chi connectivity index (χ1n) is 13.0. The van der Waals surface area contributed by atoms with Gasteiger partial charge in [0.05, 0.1) is 5.41 Å². The third-order valence-corrected chi connectivity index (χ3v) is 11.7. The Kier molecular flexibility index (Phi) is 6.79. The van der Waals surface area contributed by atoms with E-state index in [1.54, 1.807) is 23.9 Å². The number of hydrogen-bond acceptors (Lipinski definition) is 5. The molecule has 0 bridgehead atoms. The van der Waals surface area contributed by atoms with Gasteiger partial charge in [-0.05, 0) is 85.2 Å². The minimum Gasteiger partial charge on any atom is -0.611 e. The van der Waals surface area contributed by atoms with Crippen LogP contribution >= 0.6 is 23.4 Å². The predicted molar refractivity (Wildman–Crippen MR) is 153 cm³/mol. The molecule has 2 fully saturated rings. The van der Waals surface area contributed by atoms with Crippen molar-refractivity contribution >= 4 is 45.0 Å². The van der Waals surface area contributed by atoms with Gasteiger partial charge in [0.1, 0.15) is 16.8 Å². The highest BCUT2D eigenvalue weighted by atomic mass is 35.5. The molecule has 0 radical (unpaired) electrons. The van der Waals surface area contributed by atoms with E-state index in [4.69, 9.17) is 11.6 Å². The highest BCUT2D eigenvalue weighted by molar-refractivity contribution is 7.99. The number of hydroxylamine groups is 1. The number of rotatable bonds is 6. The zero-order chi connectivity index (χ0) is 27.4. The van der Waals surface area contributed by atoms with Crippen LogP contribution in [-0.2, 0) is 22.0 Å². The van der Waals surface area contributed by atoms with Crippen LogP contribution in [0.3, 0.4) is 0 Å². The average molecular weight is 587 g/mol. The number of carbonyl (C=O) groups excluding carboxylic acids is 1. The van der Waals surface area contributed by atoms with Gasteiger partial charge in [0.2, 0.25) is 0 Å². The molecule has 39 heavy (non-hydrogen) atoms. The van der Waals surface area contributed by atoms with Crippen molar-refractivity contribution in [2.24, 2.45) is 5.92 Å². The van der Waals surface area contributed by atoms with E-state index in [1.807, 2.05) is 18.2 Å². The van der Waals surface area contributed by atoms with Crippen LogP contribution in [0.2, 0.25) is 5.02 Å². The Bertz CT molecular complexity index is 1540. The molecule has 1 N–H and O–H groups in total. The summed E-state index contributed by atoms with van der Waals surface area (Å²) in [5, 5.41) is 18.5. The van der Waals surface area contributed by atoms with Crippen LogP contribution in [0.4, 0.5) is 10.1 Å². The second-order valence-electron chi connectivity index (χ2n) is 10.6. The first-order valence-corrected chi connectivity index (χ1v) is 16.0. The number of benzene rings is 3. The topological polar surface area (TPSA) is 86.3 Å². The number of hydrogen-bond donors (Lipinski definition) is 1. The lowest BCUT2D eigenvalue weighted by molar-refractivity contribution is 0.0950. The van der Waals surface area contributed by atoms with Gasteiger partial charge in [0.25, 0.3) is 5.91 Å². The number of quaternary nitrogens is 1. The zero-order valence-corrected chi connectivity index (χ0v) is 23.5. The molecular formula is C29H28ClFN2O4S2. The molecule has 3 aromatic rings. The molecule has 6 nitrogen and oxygen atoms in total. The van der Waals surface area contributed by atoms with Gasteiger partial charge in [-0.3, -0.25) is 4.79 Å². The number of amides is 1. The lowest BCUT2D eigenvalue weighted by atomic mass is 9.70. The average Bonchev–Trinajstić information content (AvgIpc) is 3.74. The Balaban J connectivity index is 1.45. The highest BCUT2D eigenvalue weighted by Crippen LogP contribution is 2.62. The molecule has 2 unspecified atom stereocenters. The van der Waals surface area contributed by atoms with E-state index in [1.165, 1.54) is 24.3 Å². The summed E-state index contributed by atoms with van der Waals surface area (Å²) in [7, 11) is -4.49. The fraction of sp³-hybridized carbons (Fsp3) is 0.345. The quantitative estimate of drug-likeness (QED) is 0.276. The van der Waals surface area contributed by atoms with E-state index >= 15 is 5.21 Å². The van der Waals surface area contributed by atoms with Crippen LogP contribution in [0.15, 0.2) is 71.6 Å². The van der Waals surface area contributed by atoms with E-state index in [0.29, 0.717) is 29.0 Å². The van der Waals surface area contributed by atoms with Crippen molar-refractivity contribution in [3.05, 3.63) is 99.5 Å². The summed E-state index contributed by atoms with van der Waals surface area (Å²) in [6, 6.07) is 15.8. The van der Waals surface area contributed by atoms with Gasteiger partial charge in [-0.15, -0.1) is 0 Å². The summed E-state index contributed by atoms with van der Waals surface area (Å²) in [5.41, 5.74) is 1.33. The Morgan fingerprint density at radius 1 is 1.08 bits per heavy atom. The Morgan fingerprint density at radius 2 is 1.77 bits per heavy atom. The van der Waals surface area contributed by atoms with Gasteiger partial charge in [-0.25, -0.2) is 8.44 Å². The van der Waals surface area contributed by atoms with Crippen LogP contribution in [0, 0.1) is 16.9 Å². The van der Waals surface area contributed by atoms with Crippen molar-refractivity contribution in [3.8, 4) is 0 Å². The molecule has 6 rings (SSSR count). The summed E-state index contributed by atoms with van der Waals surface area (Å²) < 4.78 is 40.5. The second kappa shape index (κ2) is 9.89. The summed E-state index contributed by atoms with van der Waals surface area (Å²) in [4.78, 5) is 13.0. The van der Waals surface area contributed by atoms with Crippen LogP contribution in [0.1, 0.15) is 47.2 Å². The number of halogens is 2. The van der Waals surface area contributed by atoms with Gasteiger partial charge in [0.15, 0.2) is 5.69 Å². The standard InChI is InChI=1S/C29H28ClFN2O4S2/c30-25-4-2-1-3-21(25)18-32-28(34)20-7-12-26-24(17-20)29(13-15-38-16-14-29)27(19-5-6-19)33(26,35)39(36,37)23-10-8-22(31)9-11-23/h1-4,7-12,17,19,27H,5-6,13-16,18H2,(H,32,34). The fourth-order valence-electron chi connectivity index (χ4n) is 6.39. The van der Waals surface area contributed by atoms with Crippen molar-refractivity contribution in [1.29, 1.82) is 0 Å². The summed E-state index contributed by atoms with van der Waals surface area (Å²) in [5.74, 6) is 0.689. The van der Waals surface area contributed by atoms with E-state index < -0.39 is 31.3 Å². The molecule has 1 spiro atoms. The number of carbonyl (C=O) groups is 1. The summed E-state index contributed by atoms with van der Waals surface area (Å²) in [6.07, 6.45) is 2.91. The van der Waals surface area contributed by atoms with Crippen LogP contribution in [0.25, 0.3) is 0 Å². The molecule has 1 amide bonds. The molecule has 3 aromatic carbocycles. The fourth-order valence-corrected chi connectivity index (χ4v) is 9.69. The molecule has 10 heteroatoms. The molecule has 2 atom stereocenters. The maximum absolute atomic E-state index is 15.1. The second-order valence-corrected chi connectivity index (χ2v) is 14.2. The third kappa shape index (κ3) is 4.30. The largest absolute Gasteiger partial charge is 0.611 e. The summed E-state index contributed by atoms with van der Waals surface area (Å²) >= 11 is 8.04. The van der Waals surface area contributed by atoms with Crippen LogP contribution in [-0.4, -0.2) is 31.9 Å². The molecule has 2 heterocycles. The third-order valence-electron chi connectivity index (χ3n) is 8.38. The normalized spacial score (nSPS) is 23.9. The Labute approximate surface area is 236 Å². The lowest BCUT2D eigenvalue weighted by Crippen LogP contribution is -2.60.